The number of methoxy groups -OCH3 is 1. The maximum absolute atomic E-state index is 12.8. The maximum atomic E-state index is 12.8. The molecule has 1 fully saturated rings. The minimum Gasteiger partial charge on any atom is -0.495 e. The van der Waals surface area contributed by atoms with Crippen LogP contribution in [-0.2, 0) is 16.6 Å². The molecular formula is C14H22N2O3S2. The summed E-state index contributed by atoms with van der Waals surface area (Å²) in [5.74, 6) is 2.28. The Labute approximate surface area is 131 Å². The van der Waals surface area contributed by atoms with Gasteiger partial charge in [0.15, 0.2) is 0 Å². The molecule has 0 spiro atoms. The number of hydrogen-bond donors (Lipinski definition) is 1. The largest absolute Gasteiger partial charge is 0.495 e. The number of nitrogens with zero attached hydrogens (tertiary/aromatic N) is 1. The van der Waals surface area contributed by atoms with Crippen LogP contribution in [0.5, 0.6) is 5.75 Å². The SMILES string of the molecule is CNCc1ccc(S(=O)(=O)N(C)C2CCSC2)c(OC)c1. The average Bonchev–Trinajstić information content (AvgIpc) is 3.00. The Morgan fingerprint density at radius 1 is 1.48 bits per heavy atom. The Balaban J connectivity index is 2.34. The van der Waals surface area contributed by atoms with E-state index in [2.05, 4.69) is 5.32 Å². The van der Waals surface area contributed by atoms with Gasteiger partial charge in [0, 0.05) is 25.4 Å². The molecule has 2 rings (SSSR count). The quantitative estimate of drug-likeness (QED) is 0.857. The highest BCUT2D eigenvalue weighted by Gasteiger charge is 2.32. The zero-order chi connectivity index (χ0) is 15.5. The first-order valence-corrected chi connectivity index (χ1v) is 9.47. The van der Waals surface area contributed by atoms with Gasteiger partial charge in [0.2, 0.25) is 10.0 Å². The number of benzene rings is 1. The summed E-state index contributed by atoms with van der Waals surface area (Å²) >= 11 is 1.80. The lowest BCUT2D eigenvalue weighted by molar-refractivity contribution is 0.380. The lowest BCUT2D eigenvalue weighted by Crippen LogP contribution is -2.37. The molecule has 1 heterocycles. The molecule has 21 heavy (non-hydrogen) atoms. The highest BCUT2D eigenvalue weighted by Crippen LogP contribution is 2.31. The molecule has 1 unspecified atom stereocenters. The third-order valence-corrected chi connectivity index (χ3v) is 6.78. The molecule has 1 N–H and O–H groups in total. The van der Waals surface area contributed by atoms with Gasteiger partial charge in [-0.15, -0.1) is 0 Å². The molecule has 1 saturated heterocycles. The molecule has 1 aromatic rings. The van der Waals surface area contributed by atoms with E-state index in [1.807, 2.05) is 13.1 Å². The van der Waals surface area contributed by atoms with Gasteiger partial charge in [-0.3, -0.25) is 0 Å². The van der Waals surface area contributed by atoms with Crippen LogP contribution in [0.25, 0.3) is 0 Å². The first kappa shape index (κ1) is 16.6. The normalized spacial score (nSPS) is 19.1. The molecule has 0 aliphatic carbocycles. The molecule has 0 bridgehead atoms. The summed E-state index contributed by atoms with van der Waals surface area (Å²) in [6, 6.07) is 5.31. The van der Waals surface area contributed by atoms with Crippen LogP contribution in [-0.4, -0.2) is 51.5 Å². The van der Waals surface area contributed by atoms with Gasteiger partial charge >= 0.3 is 0 Å². The summed E-state index contributed by atoms with van der Waals surface area (Å²) in [6.07, 6.45) is 0.903. The van der Waals surface area contributed by atoms with Gasteiger partial charge in [-0.05, 0) is 36.9 Å². The Bertz CT molecular complexity index is 584. The van der Waals surface area contributed by atoms with Gasteiger partial charge in [0.05, 0.1) is 7.11 Å². The average molecular weight is 330 g/mol. The molecule has 1 atom stereocenters. The minimum absolute atomic E-state index is 0.0710. The van der Waals surface area contributed by atoms with E-state index in [0.29, 0.717) is 12.3 Å². The van der Waals surface area contributed by atoms with Crippen molar-refractivity contribution >= 4 is 21.8 Å². The zero-order valence-electron chi connectivity index (χ0n) is 12.6. The van der Waals surface area contributed by atoms with E-state index in [9.17, 15) is 8.42 Å². The molecule has 1 aromatic carbocycles. The van der Waals surface area contributed by atoms with Crippen molar-refractivity contribution in [3.05, 3.63) is 23.8 Å². The molecule has 0 aromatic heterocycles. The van der Waals surface area contributed by atoms with Crippen LogP contribution in [0.4, 0.5) is 0 Å². The predicted molar refractivity (Wildman–Crippen MR) is 86.4 cm³/mol. The first-order valence-electron chi connectivity index (χ1n) is 6.88. The molecule has 0 amide bonds. The molecule has 0 saturated carbocycles. The number of ether oxygens (including phenoxy) is 1. The van der Waals surface area contributed by atoms with Gasteiger partial charge in [-0.1, -0.05) is 6.07 Å². The van der Waals surface area contributed by atoms with Gasteiger partial charge in [0.1, 0.15) is 10.6 Å². The molecule has 1 aliphatic rings. The summed E-state index contributed by atoms with van der Waals surface area (Å²) in [5.41, 5.74) is 0.993. The van der Waals surface area contributed by atoms with E-state index in [-0.39, 0.29) is 10.9 Å². The second-order valence-electron chi connectivity index (χ2n) is 5.05. The zero-order valence-corrected chi connectivity index (χ0v) is 14.3. The van der Waals surface area contributed by atoms with E-state index in [1.165, 1.54) is 11.4 Å². The van der Waals surface area contributed by atoms with Crippen molar-refractivity contribution in [1.82, 2.24) is 9.62 Å². The Morgan fingerprint density at radius 2 is 2.24 bits per heavy atom. The van der Waals surface area contributed by atoms with Crippen LogP contribution in [0, 0.1) is 0 Å². The fraction of sp³-hybridized carbons (Fsp3) is 0.571. The Hall–Kier alpha value is -0.760. The van der Waals surface area contributed by atoms with Crippen LogP contribution in [0.1, 0.15) is 12.0 Å². The van der Waals surface area contributed by atoms with Crippen LogP contribution in [0.2, 0.25) is 0 Å². The van der Waals surface area contributed by atoms with Crippen LogP contribution in [0.15, 0.2) is 23.1 Å². The standard InChI is InChI=1S/C14H22N2O3S2/c1-15-9-11-4-5-14(13(8-11)19-3)21(17,18)16(2)12-6-7-20-10-12/h4-5,8,12,15H,6-7,9-10H2,1-3H3. The third-order valence-electron chi connectivity index (χ3n) is 3.69. The van der Waals surface area contributed by atoms with E-state index in [1.54, 1.807) is 30.9 Å². The number of nitrogens with one attached hydrogen (secondary N) is 1. The molecule has 1 aliphatic heterocycles. The van der Waals surface area contributed by atoms with Gasteiger partial charge in [-0.2, -0.15) is 16.1 Å². The van der Waals surface area contributed by atoms with Crippen molar-refractivity contribution in [2.24, 2.45) is 0 Å². The van der Waals surface area contributed by atoms with Crippen molar-refractivity contribution in [2.45, 2.75) is 23.9 Å². The second-order valence-corrected chi connectivity index (χ2v) is 8.17. The fourth-order valence-electron chi connectivity index (χ4n) is 2.40. The van der Waals surface area contributed by atoms with Crippen molar-refractivity contribution in [1.29, 1.82) is 0 Å². The van der Waals surface area contributed by atoms with Crippen molar-refractivity contribution in [3.8, 4) is 5.75 Å². The molecule has 5 nitrogen and oxygen atoms in total. The van der Waals surface area contributed by atoms with E-state index in [4.69, 9.17) is 4.74 Å². The van der Waals surface area contributed by atoms with Crippen LogP contribution in [0.3, 0.4) is 0 Å². The third kappa shape index (κ3) is 3.53. The summed E-state index contributed by atoms with van der Waals surface area (Å²) < 4.78 is 32.4. The number of hydrogen-bond acceptors (Lipinski definition) is 5. The van der Waals surface area contributed by atoms with Crippen LogP contribution < -0.4 is 10.1 Å². The van der Waals surface area contributed by atoms with Crippen LogP contribution >= 0.6 is 11.8 Å². The maximum Gasteiger partial charge on any atom is 0.246 e. The van der Waals surface area contributed by atoms with Gasteiger partial charge in [-0.25, -0.2) is 8.42 Å². The summed E-state index contributed by atoms with van der Waals surface area (Å²) in [6.45, 7) is 0.672. The second kappa shape index (κ2) is 7.00. The molecule has 7 heteroatoms. The Morgan fingerprint density at radius 3 is 2.81 bits per heavy atom. The van der Waals surface area contributed by atoms with E-state index >= 15 is 0 Å². The lowest BCUT2D eigenvalue weighted by atomic mass is 10.2. The summed E-state index contributed by atoms with van der Waals surface area (Å²) in [4.78, 5) is 0.240. The smallest absolute Gasteiger partial charge is 0.246 e. The number of sulfonamides is 1. The fourth-order valence-corrected chi connectivity index (χ4v) is 5.28. The van der Waals surface area contributed by atoms with E-state index < -0.39 is 10.0 Å². The molecule has 0 radical (unpaired) electrons. The van der Waals surface area contributed by atoms with Gasteiger partial charge in [0.25, 0.3) is 0 Å². The topological polar surface area (TPSA) is 58.6 Å². The summed E-state index contributed by atoms with van der Waals surface area (Å²) in [5, 5.41) is 3.04. The monoisotopic (exact) mass is 330 g/mol. The number of thioether (sulfide) groups is 1. The lowest BCUT2D eigenvalue weighted by Gasteiger charge is -2.24. The highest BCUT2D eigenvalue weighted by molar-refractivity contribution is 7.99. The minimum atomic E-state index is -3.52. The summed E-state index contributed by atoms with van der Waals surface area (Å²) in [7, 11) is 1.49. The number of rotatable bonds is 6. The van der Waals surface area contributed by atoms with E-state index in [0.717, 1.165) is 23.5 Å². The van der Waals surface area contributed by atoms with Crippen molar-refractivity contribution < 1.29 is 13.2 Å². The molecular weight excluding hydrogens is 308 g/mol. The van der Waals surface area contributed by atoms with Crippen molar-refractivity contribution in [3.63, 3.8) is 0 Å². The Kier molecular flexibility index (Phi) is 5.54. The predicted octanol–water partition coefficient (Wildman–Crippen LogP) is 1.54. The molecule has 118 valence electrons. The van der Waals surface area contributed by atoms with Crippen molar-refractivity contribution in [2.75, 3.05) is 32.7 Å². The van der Waals surface area contributed by atoms with Gasteiger partial charge < -0.3 is 10.1 Å². The first-order chi connectivity index (χ1) is 10.0. The highest BCUT2D eigenvalue weighted by atomic mass is 32.2.